The average molecular weight is 338 g/mol. The van der Waals surface area contributed by atoms with Crippen molar-refractivity contribution in [2.24, 2.45) is 11.8 Å². The summed E-state index contributed by atoms with van der Waals surface area (Å²) in [4.78, 5) is 37.7. The molecule has 1 heterocycles. The standard InChI is InChI=1S/C17H26N2O3S/c1-17(2,3)23-11-9-18-14(20)8-10-19-15(21)12-6-4-5-7-13(12)16(19)22/h4-5,12-13H,6-11H2,1-3H3,(H,18,20)/t12-,13+. The predicted molar refractivity (Wildman–Crippen MR) is 91.9 cm³/mol. The first kappa shape index (κ1) is 18.0. The van der Waals surface area contributed by atoms with Gasteiger partial charge in [0.05, 0.1) is 11.8 Å². The first-order chi connectivity index (χ1) is 10.8. The van der Waals surface area contributed by atoms with Crippen LogP contribution in [0.2, 0.25) is 0 Å². The molecule has 0 aromatic heterocycles. The van der Waals surface area contributed by atoms with Crippen molar-refractivity contribution in [3.63, 3.8) is 0 Å². The van der Waals surface area contributed by atoms with Gasteiger partial charge in [0.15, 0.2) is 0 Å². The topological polar surface area (TPSA) is 66.5 Å². The molecule has 2 rings (SSSR count). The molecule has 0 radical (unpaired) electrons. The molecule has 0 spiro atoms. The van der Waals surface area contributed by atoms with E-state index in [0.717, 1.165) is 5.75 Å². The lowest BCUT2D eigenvalue weighted by Gasteiger charge is -2.18. The fraction of sp³-hybridized carbons (Fsp3) is 0.706. The van der Waals surface area contributed by atoms with Gasteiger partial charge in [-0.15, -0.1) is 0 Å². The van der Waals surface area contributed by atoms with Gasteiger partial charge in [-0.3, -0.25) is 19.3 Å². The summed E-state index contributed by atoms with van der Waals surface area (Å²) < 4.78 is 0.184. The van der Waals surface area contributed by atoms with Crippen molar-refractivity contribution in [1.82, 2.24) is 10.2 Å². The van der Waals surface area contributed by atoms with Gasteiger partial charge in [-0.25, -0.2) is 0 Å². The quantitative estimate of drug-likeness (QED) is 0.457. The van der Waals surface area contributed by atoms with Crippen molar-refractivity contribution in [3.05, 3.63) is 12.2 Å². The summed E-state index contributed by atoms with van der Waals surface area (Å²) in [6, 6.07) is 0. The third-order valence-corrected chi connectivity index (χ3v) is 5.39. The zero-order valence-electron chi connectivity index (χ0n) is 14.1. The van der Waals surface area contributed by atoms with E-state index in [0.29, 0.717) is 19.4 Å². The van der Waals surface area contributed by atoms with Crippen molar-refractivity contribution in [2.45, 2.75) is 44.8 Å². The van der Waals surface area contributed by atoms with E-state index in [4.69, 9.17) is 0 Å². The Morgan fingerprint density at radius 3 is 2.30 bits per heavy atom. The molecule has 0 bridgehead atoms. The van der Waals surface area contributed by atoms with Crippen LogP contribution in [-0.4, -0.2) is 46.2 Å². The normalized spacial score (nSPS) is 24.0. The molecule has 0 unspecified atom stereocenters. The van der Waals surface area contributed by atoms with Crippen LogP contribution in [0.3, 0.4) is 0 Å². The molecule has 5 nitrogen and oxygen atoms in total. The van der Waals surface area contributed by atoms with E-state index in [2.05, 4.69) is 26.1 Å². The van der Waals surface area contributed by atoms with Crippen LogP contribution >= 0.6 is 11.8 Å². The minimum atomic E-state index is -0.209. The van der Waals surface area contributed by atoms with Gasteiger partial charge in [0.25, 0.3) is 0 Å². The number of likely N-dealkylation sites (tertiary alicyclic amines) is 1. The molecule has 6 heteroatoms. The average Bonchev–Trinajstić information content (AvgIpc) is 2.73. The van der Waals surface area contributed by atoms with Gasteiger partial charge in [0.2, 0.25) is 17.7 Å². The summed E-state index contributed by atoms with van der Waals surface area (Å²) in [6.07, 6.45) is 5.40. The van der Waals surface area contributed by atoms with Crippen LogP contribution in [-0.2, 0) is 14.4 Å². The Labute approximate surface area is 142 Å². The minimum Gasteiger partial charge on any atom is -0.355 e. The van der Waals surface area contributed by atoms with Gasteiger partial charge in [-0.1, -0.05) is 32.9 Å². The van der Waals surface area contributed by atoms with Crippen molar-refractivity contribution in [1.29, 1.82) is 0 Å². The molecule has 2 aliphatic rings. The maximum atomic E-state index is 12.3. The van der Waals surface area contributed by atoms with Crippen LogP contribution in [0.4, 0.5) is 0 Å². The van der Waals surface area contributed by atoms with Crippen LogP contribution in [0.1, 0.15) is 40.0 Å². The van der Waals surface area contributed by atoms with Crippen molar-refractivity contribution in [2.75, 3.05) is 18.8 Å². The number of thioether (sulfide) groups is 1. The molecule has 3 amide bonds. The highest BCUT2D eigenvalue weighted by Gasteiger charge is 2.46. The van der Waals surface area contributed by atoms with Gasteiger partial charge in [-0.2, -0.15) is 11.8 Å². The third-order valence-electron chi connectivity index (χ3n) is 4.12. The van der Waals surface area contributed by atoms with Crippen LogP contribution in [0.25, 0.3) is 0 Å². The number of allylic oxidation sites excluding steroid dienone is 2. The molecule has 0 aromatic rings. The SMILES string of the molecule is CC(C)(C)SCCNC(=O)CCN1C(=O)[C@H]2CC=CC[C@H]2C1=O. The number of rotatable bonds is 6. The molecular formula is C17H26N2O3S. The molecule has 128 valence electrons. The van der Waals surface area contributed by atoms with Gasteiger partial charge >= 0.3 is 0 Å². The van der Waals surface area contributed by atoms with Gasteiger partial charge in [0.1, 0.15) is 0 Å². The van der Waals surface area contributed by atoms with Gasteiger partial charge in [-0.05, 0) is 12.8 Å². The van der Waals surface area contributed by atoms with E-state index < -0.39 is 0 Å². The molecule has 23 heavy (non-hydrogen) atoms. The summed E-state index contributed by atoms with van der Waals surface area (Å²) in [5, 5.41) is 2.85. The maximum absolute atomic E-state index is 12.3. The molecule has 1 fully saturated rings. The smallest absolute Gasteiger partial charge is 0.233 e. The first-order valence-electron chi connectivity index (χ1n) is 8.20. The van der Waals surface area contributed by atoms with E-state index >= 15 is 0 Å². The minimum absolute atomic E-state index is 0.104. The van der Waals surface area contributed by atoms with Crippen LogP contribution in [0, 0.1) is 11.8 Å². The number of nitrogens with zero attached hydrogens (tertiary/aromatic N) is 1. The Hall–Kier alpha value is -1.30. The lowest BCUT2D eigenvalue weighted by Crippen LogP contribution is -2.36. The van der Waals surface area contributed by atoms with Crippen LogP contribution in [0.5, 0.6) is 0 Å². The predicted octanol–water partition coefficient (Wildman–Crippen LogP) is 1.98. The molecule has 1 aliphatic heterocycles. The zero-order valence-corrected chi connectivity index (χ0v) is 14.9. The zero-order chi connectivity index (χ0) is 17.0. The van der Waals surface area contributed by atoms with E-state index in [-0.39, 0.29) is 47.3 Å². The number of imide groups is 1. The Morgan fingerprint density at radius 1 is 1.22 bits per heavy atom. The Balaban J connectivity index is 1.72. The number of fused-ring (bicyclic) bond motifs is 1. The van der Waals surface area contributed by atoms with Crippen molar-refractivity contribution in [3.8, 4) is 0 Å². The second kappa shape index (κ2) is 7.51. The summed E-state index contributed by atoms with van der Waals surface area (Å²) in [7, 11) is 0. The van der Waals surface area contributed by atoms with E-state index in [9.17, 15) is 14.4 Å². The Morgan fingerprint density at radius 2 is 1.78 bits per heavy atom. The maximum Gasteiger partial charge on any atom is 0.233 e. The molecular weight excluding hydrogens is 312 g/mol. The number of amides is 3. The first-order valence-corrected chi connectivity index (χ1v) is 9.19. The van der Waals surface area contributed by atoms with E-state index in [1.54, 1.807) is 11.8 Å². The fourth-order valence-corrected chi connectivity index (χ4v) is 3.76. The third kappa shape index (κ3) is 4.83. The fourth-order valence-electron chi connectivity index (χ4n) is 2.94. The molecule has 0 aromatic carbocycles. The lowest BCUT2D eigenvalue weighted by molar-refractivity contribution is -0.140. The molecule has 2 atom stereocenters. The second-order valence-electron chi connectivity index (χ2n) is 7.04. The number of hydrogen-bond donors (Lipinski definition) is 1. The van der Waals surface area contributed by atoms with Gasteiger partial charge in [0, 0.05) is 30.0 Å². The second-order valence-corrected chi connectivity index (χ2v) is 8.97. The Bertz CT molecular complexity index is 484. The molecule has 0 saturated carbocycles. The Kier molecular flexibility index (Phi) is 5.89. The largest absolute Gasteiger partial charge is 0.355 e. The highest BCUT2D eigenvalue weighted by Crippen LogP contribution is 2.34. The summed E-state index contributed by atoms with van der Waals surface area (Å²) in [5.74, 6) is 0.110. The molecule has 1 N–H and O–H groups in total. The van der Waals surface area contributed by atoms with Crippen LogP contribution in [0.15, 0.2) is 12.2 Å². The van der Waals surface area contributed by atoms with Crippen LogP contribution < -0.4 is 5.32 Å². The number of nitrogens with one attached hydrogen (secondary N) is 1. The number of carbonyl (C=O) groups is 3. The summed E-state index contributed by atoms with van der Waals surface area (Å²) >= 11 is 1.79. The summed E-state index contributed by atoms with van der Waals surface area (Å²) in [5.41, 5.74) is 0. The van der Waals surface area contributed by atoms with E-state index in [1.807, 2.05) is 12.2 Å². The van der Waals surface area contributed by atoms with E-state index in [1.165, 1.54) is 4.90 Å². The molecule has 1 saturated heterocycles. The van der Waals surface area contributed by atoms with Crippen molar-refractivity contribution >= 4 is 29.5 Å². The van der Waals surface area contributed by atoms with Crippen molar-refractivity contribution < 1.29 is 14.4 Å². The van der Waals surface area contributed by atoms with Gasteiger partial charge < -0.3 is 5.32 Å². The highest BCUT2D eigenvalue weighted by atomic mass is 32.2. The molecule has 1 aliphatic carbocycles. The monoisotopic (exact) mass is 338 g/mol. The highest BCUT2D eigenvalue weighted by molar-refractivity contribution is 8.00. The lowest BCUT2D eigenvalue weighted by atomic mass is 9.85. The number of carbonyl (C=O) groups excluding carboxylic acids is 3. The summed E-state index contributed by atoms with van der Waals surface area (Å²) in [6.45, 7) is 7.22. The number of hydrogen-bond acceptors (Lipinski definition) is 4.